The summed E-state index contributed by atoms with van der Waals surface area (Å²) in [6.45, 7) is 9.68. The molecule has 8 heteroatoms. The van der Waals surface area contributed by atoms with Crippen LogP contribution in [0.3, 0.4) is 0 Å². The van der Waals surface area contributed by atoms with Crippen LogP contribution in [0, 0.1) is 29.9 Å². The maximum Gasteiger partial charge on any atom is 0.223 e. The molecule has 2 heterocycles. The predicted molar refractivity (Wildman–Crippen MR) is 126 cm³/mol. The molecule has 0 amide bonds. The molecule has 0 bridgehead atoms. The van der Waals surface area contributed by atoms with Gasteiger partial charge in [-0.05, 0) is 55.3 Å². The van der Waals surface area contributed by atoms with Crippen LogP contribution in [0.2, 0.25) is 0 Å². The molecule has 0 spiro atoms. The fourth-order valence-corrected chi connectivity index (χ4v) is 4.19. The Balaban J connectivity index is 1.64. The van der Waals surface area contributed by atoms with E-state index in [0.717, 1.165) is 25.6 Å². The Hall–Kier alpha value is -3.96. The van der Waals surface area contributed by atoms with E-state index in [2.05, 4.69) is 25.4 Å². The Morgan fingerprint density at radius 3 is 2.62 bits per heavy atom. The minimum atomic E-state index is -0.944. The number of nitrogens with one attached hydrogen (secondary N) is 2. The number of anilines is 1. The Morgan fingerprint density at radius 1 is 1.00 bits per heavy atom. The largest absolute Gasteiger partial charge is 0.354 e. The van der Waals surface area contributed by atoms with Crippen molar-refractivity contribution in [1.29, 1.82) is 0 Å². The van der Waals surface area contributed by atoms with Crippen LogP contribution in [0.15, 0.2) is 54.6 Å². The first-order chi connectivity index (χ1) is 16.5. The van der Waals surface area contributed by atoms with Gasteiger partial charge < -0.3 is 10.6 Å². The molecule has 1 aromatic heterocycles. The van der Waals surface area contributed by atoms with Crippen LogP contribution in [0.5, 0.6) is 0 Å². The second-order valence-corrected chi connectivity index (χ2v) is 8.25. The Morgan fingerprint density at radius 2 is 1.85 bits per heavy atom. The molecule has 5 rings (SSSR count). The third kappa shape index (κ3) is 4.18. The van der Waals surface area contributed by atoms with Gasteiger partial charge in [-0.2, -0.15) is 0 Å². The fourth-order valence-electron chi connectivity index (χ4n) is 4.19. The van der Waals surface area contributed by atoms with E-state index >= 15 is 0 Å². The fraction of sp³-hybridized carbons (Fsp3) is 0.192. The number of halogens is 3. The van der Waals surface area contributed by atoms with Crippen molar-refractivity contribution in [3.8, 4) is 22.4 Å². The molecule has 1 saturated heterocycles. The summed E-state index contributed by atoms with van der Waals surface area (Å²) < 4.78 is 42.7. The average Bonchev–Trinajstić information content (AvgIpc) is 3.37. The summed E-state index contributed by atoms with van der Waals surface area (Å²) in [5.74, 6) is -1.68. The number of fused-ring (bicyclic) bond motifs is 1. The maximum atomic E-state index is 14.5. The van der Waals surface area contributed by atoms with Crippen LogP contribution in [0.4, 0.5) is 24.8 Å². The Labute approximate surface area is 194 Å². The molecule has 0 radical (unpaired) electrons. The summed E-state index contributed by atoms with van der Waals surface area (Å²) >= 11 is 0. The summed E-state index contributed by atoms with van der Waals surface area (Å²) in [6.07, 6.45) is 1.05. The van der Waals surface area contributed by atoms with E-state index in [4.69, 9.17) is 6.57 Å². The van der Waals surface area contributed by atoms with Gasteiger partial charge in [-0.1, -0.05) is 30.3 Å². The van der Waals surface area contributed by atoms with Crippen molar-refractivity contribution in [1.82, 2.24) is 15.3 Å². The Kier molecular flexibility index (Phi) is 5.86. The van der Waals surface area contributed by atoms with Crippen molar-refractivity contribution in [3.05, 3.63) is 83.5 Å². The zero-order chi connectivity index (χ0) is 23.7. The molecule has 4 aromatic rings. The molecule has 1 fully saturated rings. The second-order valence-electron chi connectivity index (χ2n) is 8.25. The topological polar surface area (TPSA) is 54.2 Å². The number of rotatable bonds is 5. The molecule has 0 saturated carbocycles. The van der Waals surface area contributed by atoms with Crippen molar-refractivity contribution in [2.24, 2.45) is 5.92 Å². The highest BCUT2D eigenvalue weighted by atomic mass is 19.2. The van der Waals surface area contributed by atoms with Crippen molar-refractivity contribution in [3.63, 3.8) is 0 Å². The molecule has 1 aliphatic heterocycles. The van der Waals surface area contributed by atoms with Crippen molar-refractivity contribution in [2.75, 3.05) is 25.0 Å². The van der Waals surface area contributed by atoms with Crippen molar-refractivity contribution in [2.45, 2.75) is 6.42 Å². The molecule has 0 aliphatic carbocycles. The highest BCUT2D eigenvalue weighted by Crippen LogP contribution is 2.34. The third-order valence-electron chi connectivity index (χ3n) is 6.01. The summed E-state index contributed by atoms with van der Waals surface area (Å²) in [7, 11) is 0. The van der Waals surface area contributed by atoms with E-state index in [0.29, 0.717) is 46.1 Å². The van der Waals surface area contributed by atoms with E-state index in [-0.39, 0.29) is 11.3 Å². The van der Waals surface area contributed by atoms with Crippen LogP contribution >= 0.6 is 0 Å². The number of nitrogens with zero attached hydrogens (tertiary/aromatic N) is 3. The molecule has 2 N–H and O–H groups in total. The first-order valence-corrected chi connectivity index (χ1v) is 10.9. The van der Waals surface area contributed by atoms with E-state index in [1.165, 1.54) is 24.3 Å². The van der Waals surface area contributed by atoms with E-state index in [9.17, 15) is 13.2 Å². The van der Waals surface area contributed by atoms with Crippen LogP contribution < -0.4 is 10.6 Å². The van der Waals surface area contributed by atoms with Gasteiger partial charge in [-0.15, -0.1) is 0 Å². The highest BCUT2D eigenvalue weighted by Gasteiger charge is 2.18. The smallest absolute Gasteiger partial charge is 0.223 e. The van der Waals surface area contributed by atoms with Gasteiger partial charge in [0.2, 0.25) is 11.6 Å². The zero-order valence-electron chi connectivity index (χ0n) is 18.1. The number of aromatic nitrogens is 2. The molecule has 3 aromatic carbocycles. The molecule has 0 unspecified atom stereocenters. The Bertz CT molecular complexity index is 1420. The average molecular weight is 459 g/mol. The summed E-state index contributed by atoms with van der Waals surface area (Å²) in [5.41, 5.74) is 1.94. The second kappa shape index (κ2) is 9.12. The maximum absolute atomic E-state index is 14.5. The first-order valence-electron chi connectivity index (χ1n) is 10.9. The standard InChI is InChI=1S/C26H20F3N5/c1-30-23-8-6-17(12-21(23)28)25-19-11-16(18-3-2-4-20(27)24(18)29)5-7-22(19)33-26(34-25)32-14-15-9-10-31-13-15/h2-8,11-12,15,31H,9-10,13-14H2,(H,32,33,34)/t15-/m0/s1. The van der Waals surface area contributed by atoms with Gasteiger partial charge in [0.05, 0.1) is 17.8 Å². The van der Waals surface area contributed by atoms with Gasteiger partial charge in [-0.25, -0.2) is 28.0 Å². The molecule has 1 aliphatic rings. The van der Waals surface area contributed by atoms with E-state index in [1.807, 2.05) is 0 Å². The van der Waals surface area contributed by atoms with Crippen LogP contribution in [-0.4, -0.2) is 29.6 Å². The minimum Gasteiger partial charge on any atom is -0.354 e. The first kappa shape index (κ1) is 21.9. The lowest BCUT2D eigenvalue weighted by Crippen LogP contribution is -2.18. The molecule has 1 atom stereocenters. The minimum absolute atomic E-state index is 0.0864. The van der Waals surface area contributed by atoms with Gasteiger partial charge in [-0.3, -0.25) is 0 Å². The highest BCUT2D eigenvalue weighted by molar-refractivity contribution is 5.96. The zero-order valence-corrected chi connectivity index (χ0v) is 18.1. The summed E-state index contributed by atoms with van der Waals surface area (Å²) in [5, 5.41) is 7.15. The lowest BCUT2D eigenvalue weighted by molar-refractivity contribution is 0.511. The lowest BCUT2D eigenvalue weighted by Gasteiger charge is -2.14. The molecule has 5 nitrogen and oxygen atoms in total. The van der Waals surface area contributed by atoms with Crippen LogP contribution in [0.1, 0.15) is 6.42 Å². The van der Waals surface area contributed by atoms with Crippen molar-refractivity contribution >= 4 is 22.5 Å². The number of hydrogen-bond donors (Lipinski definition) is 2. The number of hydrogen-bond acceptors (Lipinski definition) is 4. The summed E-state index contributed by atoms with van der Waals surface area (Å²) in [4.78, 5) is 12.4. The quantitative estimate of drug-likeness (QED) is 0.362. The van der Waals surface area contributed by atoms with E-state index in [1.54, 1.807) is 24.3 Å². The van der Waals surface area contributed by atoms with Crippen molar-refractivity contribution < 1.29 is 13.2 Å². The molecule has 34 heavy (non-hydrogen) atoms. The monoisotopic (exact) mass is 459 g/mol. The predicted octanol–water partition coefficient (Wildman–Crippen LogP) is 5.95. The van der Waals surface area contributed by atoms with Gasteiger partial charge in [0.25, 0.3) is 0 Å². The van der Waals surface area contributed by atoms with Crippen LogP contribution in [-0.2, 0) is 0 Å². The van der Waals surface area contributed by atoms with Gasteiger partial charge in [0.1, 0.15) is 5.82 Å². The lowest BCUT2D eigenvalue weighted by atomic mass is 9.99. The van der Waals surface area contributed by atoms with Gasteiger partial charge in [0.15, 0.2) is 11.6 Å². The third-order valence-corrected chi connectivity index (χ3v) is 6.01. The molecular weight excluding hydrogens is 439 g/mol. The normalized spacial score (nSPS) is 15.4. The molecular formula is C26H20F3N5. The number of benzene rings is 3. The summed E-state index contributed by atoms with van der Waals surface area (Å²) in [6, 6.07) is 13.3. The van der Waals surface area contributed by atoms with E-state index < -0.39 is 17.5 Å². The SMILES string of the molecule is [C-]#[N+]c1ccc(-c2nc(NC[C@H]3CCNC3)nc3ccc(-c4cccc(F)c4F)cc23)cc1F. The van der Waals surface area contributed by atoms with Crippen LogP contribution in [0.25, 0.3) is 38.1 Å². The molecule has 170 valence electrons. The van der Waals surface area contributed by atoms with Gasteiger partial charge in [0, 0.05) is 23.1 Å². The van der Waals surface area contributed by atoms with Gasteiger partial charge >= 0.3 is 0 Å².